The van der Waals surface area contributed by atoms with Crippen molar-refractivity contribution in [2.45, 2.75) is 12.5 Å². The van der Waals surface area contributed by atoms with Gasteiger partial charge in [-0.25, -0.2) is 0 Å². The highest BCUT2D eigenvalue weighted by atomic mass is 35.5. The molecule has 2 heterocycles. The number of hydrogen-bond donors (Lipinski definition) is 1. The van der Waals surface area contributed by atoms with Gasteiger partial charge in [-0.15, -0.1) is 12.4 Å². The van der Waals surface area contributed by atoms with Crippen molar-refractivity contribution < 1.29 is 9.47 Å². The van der Waals surface area contributed by atoms with Gasteiger partial charge in [-0.3, -0.25) is 9.80 Å². The Labute approximate surface area is 145 Å². The Morgan fingerprint density at radius 1 is 1.09 bits per heavy atom. The van der Waals surface area contributed by atoms with Gasteiger partial charge >= 0.3 is 0 Å². The number of nitrogens with one attached hydrogen (secondary N) is 1. The van der Waals surface area contributed by atoms with Crippen LogP contribution in [-0.4, -0.2) is 75.4 Å². The first kappa shape index (κ1) is 18.3. The average Bonchev–Trinajstić information content (AvgIpc) is 3.11. The first-order chi connectivity index (χ1) is 10.8. The van der Waals surface area contributed by atoms with Gasteiger partial charge < -0.3 is 14.8 Å². The summed E-state index contributed by atoms with van der Waals surface area (Å²) in [5, 5.41) is 3.46. The van der Waals surface area contributed by atoms with Gasteiger partial charge in [-0.1, -0.05) is 0 Å². The molecule has 3 rings (SSSR count). The maximum Gasteiger partial charge on any atom is 0.119 e. The van der Waals surface area contributed by atoms with Crippen LogP contribution in [0.4, 0.5) is 0 Å². The third-order valence-corrected chi connectivity index (χ3v) is 4.69. The predicted molar refractivity (Wildman–Crippen MR) is 95.0 cm³/mol. The second-order valence-electron chi connectivity index (χ2n) is 6.05. The Kier molecular flexibility index (Phi) is 7.43. The molecule has 1 unspecified atom stereocenters. The first-order valence-corrected chi connectivity index (χ1v) is 8.29. The molecule has 0 bridgehead atoms. The van der Waals surface area contributed by atoms with Crippen molar-refractivity contribution in [1.82, 2.24) is 15.1 Å². The molecule has 1 aromatic rings. The van der Waals surface area contributed by atoms with Crippen molar-refractivity contribution >= 4 is 12.4 Å². The van der Waals surface area contributed by atoms with Gasteiger partial charge in [0.2, 0.25) is 0 Å². The zero-order valence-electron chi connectivity index (χ0n) is 13.9. The number of rotatable bonds is 6. The Bertz CT molecular complexity index is 444. The van der Waals surface area contributed by atoms with Gasteiger partial charge in [0.15, 0.2) is 0 Å². The van der Waals surface area contributed by atoms with Crippen molar-refractivity contribution in [3.05, 3.63) is 24.3 Å². The summed E-state index contributed by atoms with van der Waals surface area (Å²) in [5.41, 5.74) is 0. The molecule has 1 atom stereocenters. The summed E-state index contributed by atoms with van der Waals surface area (Å²) in [4.78, 5) is 5.14. The molecule has 23 heavy (non-hydrogen) atoms. The maximum atomic E-state index is 5.81. The van der Waals surface area contributed by atoms with E-state index in [2.05, 4.69) is 15.1 Å². The minimum Gasteiger partial charge on any atom is -0.497 e. The number of halogens is 1. The zero-order chi connectivity index (χ0) is 15.2. The molecular weight excluding hydrogens is 314 g/mol. The van der Waals surface area contributed by atoms with Crippen LogP contribution in [0.1, 0.15) is 6.42 Å². The van der Waals surface area contributed by atoms with Gasteiger partial charge in [0, 0.05) is 45.3 Å². The van der Waals surface area contributed by atoms with Crippen LogP contribution in [0.15, 0.2) is 24.3 Å². The van der Waals surface area contributed by atoms with E-state index in [1.165, 1.54) is 32.6 Å². The molecule has 0 radical (unpaired) electrons. The highest BCUT2D eigenvalue weighted by molar-refractivity contribution is 5.85. The maximum absolute atomic E-state index is 5.81. The third kappa shape index (κ3) is 5.24. The molecule has 2 aliphatic heterocycles. The molecule has 2 fully saturated rings. The van der Waals surface area contributed by atoms with E-state index < -0.39 is 0 Å². The van der Waals surface area contributed by atoms with Crippen molar-refractivity contribution in [2.75, 3.05) is 59.5 Å². The van der Waals surface area contributed by atoms with Crippen molar-refractivity contribution in [2.24, 2.45) is 0 Å². The van der Waals surface area contributed by atoms with Crippen LogP contribution in [0.3, 0.4) is 0 Å². The molecule has 0 saturated carbocycles. The topological polar surface area (TPSA) is 37.0 Å². The van der Waals surface area contributed by atoms with E-state index in [4.69, 9.17) is 9.47 Å². The van der Waals surface area contributed by atoms with E-state index in [1.807, 2.05) is 24.3 Å². The van der Waals surface area contributed by atoms with Gasteiger partial charge in [0.05, 0.1) is 7.11 Å². The minimum atomic E-state index is 0. The molecule has 0 aromatic heterocycles. The van der Waals surface area contributed by atoms with Crippen LogP contribution in [0.2, 0.25) is 0 Å². The Morgan fingerprint density at radius 2 is 1.78 bits per heavy atom. The first-order valence-electron chi connectivity index (χ1n) is 8.29. The minimum absolute atomic E-state index is 0. The fourth-order valence-electron chi connectivity index (χ4n) is 3.27. The lowest BCUT2D eigenvalue weighted by Gasteiger charge is -2.37. The Morgan fingerprint density at radius 3 is 2.39 bits per heavy atom. The number of piperazine rings is 1. The highest BCUT2D eigenvalue weighted by Gasteiger charge is 2.25. The van der Waals surface area contributed by atoms with E-state index >= 15 is 0 Å². The molecule has 0 amide bonds. The van der Waals surface area contributed by atoms with Gasteiger partial charge in [0.25, 0.3) is 0 Å². The normalized spacial score (nSPS) is 22.6. The lowest BCUT2D eigenvalue weighted by atomic mass is 10.2. The second-order valence-corrected chi connectivity index (χ2v) is 6.05. The molecule has 0 spiro atoms. The van der Waals surface area contributed by atoms with Crippen LogP contribution in [0, 0.1) is 0 Å². The fraction of sp³-hybridized carbons (Fsp3) is 0.647. The van der Waals surface area contributed by atoms with E-state index in [0.29, 0.717) is 0 Å². The molecule has 1 aromatic carbocycles. The second kappa shape index (κ2) is 9.33. The Hall–Kier alpha value is -1.01. The van der Waals surface area contributed by atoms with Crippen LogP contribution in [0.5, 0.6) is 11.5 Å². The fourth-order valence-corrected chi connectivity index (χ4v) is 3.27. The summed E-state index contributed by atoms with van der Waals surface area (Å²) in [6.07, 6.45) is 1.31. The zero-order valence-corrected chi connectivity index (χ0v) is 14.7. The van der Waals surface area contributed by atoms with Crippen LogP contribution < -0.4 is 14.8 Å². The standard InChI is InChI=1S/C17H27N3O2.ClH/c1-21-16-2-4-17(5-3-16)22-13-12-19-8-10-20(11-9-19)15-6-7-18-14-15;/h2-5,15,18H,6-14H2,1H3;1H. The van der Waals surface area contributed by atoms with Crippen LogP contribution in [0.25, 0.3) is 0 Å². The van der Waals surface area contributed by atoms with E-state index in [1.54, 1.807) is 7.11 Å². The number of benzene rings is 1. The molecule has 6 heteroatoms. The summed E-state index contributed by atoms with van der Waals surface area (Å²) < 4.78 is 11.0. The molecule has 0 aliphatic carbocycles. The van der Waals surface area contributed by atoms with Gasteiger partial charge in [-0.05, 0) is 37.2 Å². The molecule has 5 nitrogen and oxygen atoms in total. The molecular formula is C17H28ClN3O2. The van der Waals surface area contributed by atoms with Crippen molar-refractivity contribution in [1.29, 1.82) is 0 Å². The van der Waals surface area contributed by atoms with Gasteiger partial charge in [-0.2, -0.15) is 0 Å². The number of ether oxygens (including phenoxy) is 2. The summed E-state index contributed by atoms with van der Waals surface area (Å²) >= 11 is 0. The van der Waals surface area contributed by atoms with Crippen LogP contribution in [-0.2, 0) is 0 Å². The van der Waals surface area contributed by atoms with E-state index in [-0.39, 0.29) is 12.4 Å². The van der Waals surface area contributed by atoms with Crippen LogP contribution >= 0.6 is 12.4 Å². The lowest BCUT2D eigenvalue weighted by Crippen LogP contribution is -2.51. The Balaban J connectivity index is 0.00000192. The summed E-state index contributed by atoms with van der Waals surface area (Å²) in [7, 11) is 1.68. The predicted octanol–water partition coefficient (Wildman–Crippen LogP) is 1.48. The third-order valence-electron chi connectivity index (χ3n) is 4.69. The largest absolute Gasteiger partial charge is 0.497 e. The molecule has 130 valence electrons. The number of hydrogen-bond acceptors (Lipinski definition) is 5. The summed E-state index contributed by atoms with van der Waals surface area (Å²) in [6.45, 7) is 8.79. The smallest absolute Gasteiger partial charge is 0.119 e. The van der Waals surface area contributed by atoms with Gasteiger partial charge in [0.1, 0.15) is 18.1 Å². The molecule has 2 saturated heterocycles. The highest BCUT2D eigenvalue weighted by Crippen LogP contribution is 2.17. The SMILES string of the molecule is COc1ccc(OCCN2CCN(C3CCNC3)CC2)cc1.Cl. The van der Waals surface area contributed by atoms with Crippen molar-refractivity contribution in [3.63, 3.8) is 0 Å². The van der Waals surface area contributed by atoms with E-state index in [9.17, 15) is 0 Å². The summed E-state index contributed by atoms with van der Waals surface area (Å²) in [5.74, 6) is 1.78. The summed E-state index contributed by atoms with van der Waals surface area (Å²) in [6, 6.07) is 8.55. The molecule has 2 aliphatic rings. The number of methoxy groups -OCH3 is 1. The monoisotopic (exact) mass is 341 g/mol. The quantitative estimate of drug-likeness (QED) is 0.848. The lowest BCUT2D eigenvalue weighted by molar-refractivity contribution is 0.0921. The van der Waals surface area contributed by atoms with E-state index in [0.717, 1.165) is 43.8 Å². The number of nitrogens with zero attached hydrogens (tertiary/aromatic N) is 2. The molecule has 1 N–H and O–H groups in total. The average molecular weight is 342 g/mol. The van der Waals surface area contributed by atoms with Crippen molar-refractivity contribution in [3.8, 4) is 11.5 Å².